The second kappa shape index (κ2) is 5.77. The Labute approximate surface area is 118 Å². The van der Waals surface area contributed by atoms with Crippen molar-refractivity contribution < 1.29 is 14.3 Å². The lowest BCUT2D eigenvalue weighted by molar-refractivity contribution is 0.0513. The quantitative estimate of drug-likeness (QED) is 0.862. The minimum absolute atomic E-state index is 0.305. The molecule has 0 amide bonds. The lowest BCUT2D eigenvalue weighted by atomic mass is 10.2. The molecule has 0 aliphatic rings. The van der Waals surface area contributed by atoms with Crippen LogP contribution in [0.2, 0.25) is 0 Å². The maximum Gasteiger partial charge on any atom is 0.435 e. The molecular formula is C15H18N2O3. The Morgan fingerprint density at radius 3 is 2.55 bits per heavy atom. The van der Waals surface area contributed by atoms with Crippen LogP contribution < -0.4 is 4.74 Å². The molecule has 0 N–H and O–H groups in total. The van der Waals surface area contributed by atoms with E-state index >= 15 is 0 Å². The van der Waals surface area contributed by atoms with Crippen molar-refractivity contribution in [2.24, 2.45) is 0 Å². The molecule has 0 spiro atoms. The summed E-state index contributed by atoms with van der Waals surface area (Å²) in [7, 11) is 0. The number of aromatic nitrogens is 2. The Kier molecular flexibility index (Phi) is 4.08. The van der Waals surface area contributed by atoms with E-state index in [0.29, 0.717) is 12.3 Å². The first kappa shape index (κ1) is 14.1. The van der Waals surface area contributed by atoms with Crippen molar-refractivity contribution in [3.8, 4) is 5.75 Å². The average Bonchev–Trinajstić information content (AvgIpc) is 2.84. The third kappa shape index (κ3) is 4.12. The van der Waals surface area contributed by atoms with Crippen LogP contribution in [0.1, 0.15) is 26.5 Å². The third-order valence-electron chi connectivity index (χ3n) is 2.35. The monoisotopic (exact) mass is 274 g/mol. The molecule has 0 fully saturated rings. The van der Waals surface area contributed by atoms with Crippen molar-refractivity contribution in [1.29, 1.82) is 0 Å². The van der Waals surface area contributed by atoms with Gasteiger partial charge in [0.2, 0.25) is 0 Å². The first-order chi connectivity index (χ1) is 9.44. The zero-order valence-electron chi connectivity index (χ0n) is 11.9. The maximum atomic E-state index is 11.8. The van der Waals surface area contributed by atoms with Gasteiger partial charge in [0, 0.05) is 6.20 Å². The summed E-state index contributed by atoms with van der Waals surface area (Å²) in [5.41, 5.74) is 0.128. The molecule has 5 heteroatoms. The zero-order chi connectivity index (χ0) is 14.6. The van der Waals surface area contributed by atoms with Gasteiger partial charge in [0.05, 0.1) is 0 Å². The molecule has 0 radical (unpaired) electrons. The van der Waals surface area contributed by atoms with Gasteiger partial charge in [-0.25, -0.2) is 4.79 Å². The van der Waals surface area contributed by atoms with Gasteiger partial charge < -0.3 is 9.47 Å². The summed E-state index contributed by atoms with van der Waals surface area (Å²) in [5, 5.41) is 4.13. The van der Waals surface area contributed by atoms with Crippen molar-refractivity contribution in [3.63, 3.8) is 0 Å². The van der Waals surface area contributed by atoms with Gasteiger partial charge in [-0.3, -0.25) is 0 Å². The van der Waals surface area contributed by atoms with Gasteiger partial charge in [-0.05, 0) is 39.0 Å². The number of hydrogen-bond donors (Lipinski definition) is 0. The highest BCUT2D eigenvalue weighted by molar-refractivity contribution is 5.69. The molecule has 0 saturated heterocycles. The molecule has 1 aromatic carbocycles. The van der Waals surface area contributed by atoms with E-state index < -0.39 is 11.7 Å². The van der Waals surface area contributed by atoms with Crippen LogP contribution in [0.5, 0.6) is 5.75 Å². The predicted octanol–water partition coefficient (Wildman–Crippen LogP) is 3.25. The van der Waals surface area contributed by atoms with E-state index in [0.717, 1.165) is 5.75 Å². The van der Waals surface area contributed by atoms with E-state index in [4.69, 9.17) is 9.47 Å². The van der Waals surface area contributed by atoms with Crippen LogP contribution in [0.4, 0.5) is 4.79 Å². The summed E-state index contributed by atoms with van der Waals surface area (Å²) in [6.45, 7) is 5.75. The molecular weight excluding hydrogens is 256 g/mol. The minimum Gasteiger partial charge on any atom is -0.487 e. The third-order valence-corrected chi connectivity index (χ3v) is 2.35. The average molecular weight is 274 g/mol. The first-order valence-electron chi connectivity index (χ1n) is 6.40. The lowest BCUT2D eigenvalue weighted by Crippen LogP contribution is -2.27. The van der Waals surface area contributed by atoms with E-state index in [1.165, 1.54) is 4.68 Å². The van der Waals surface area contributed by atoms with E-state index in [-0.39, 0.29) is 0 Å². The van der Waals surface area contributed by atoms with Crippen LogP contribution in [-0.4, -0.2) is 21.5 Å². The largest absolute Gasteiger partial charge is 0.487 e. The fourth-order valence-corrected chi connectivity index (χ4v) is 1.52. The summed E-state index contributed by atoms with van der Waals surface area (Å²) in [6.07, 6.45) is 1.07. The summed E-state index contributed by atoms with van der Waals surface area (Å²) in [4.78, 5) is 11.8. The van der Waals surface area contributed by atoms with Gasteiger partial charge in [0.1, 0.15) is 23.7 Å². The number of ether oxygens (including phenoxy) is 2. The number of rotatable bonds is 3. The van der Waals surface area contributed by atoms with Gasteiger partial charge in [-0.2, -0.15) is 9.78 Å². The molecule has 1 heterocycles. The number of carbonyl (C=O) groups excluding carboxylic acids is 1. The maximum absolute atomic E-state index is 11.8. The Balaban J connectivity index is 1.94. The standard InChI is InChI=1S/C15H18N2O3/c1-15(2,3)20-14(18)17-10-9-12(16-17)11-19-13-7-5-4-6-8-13/h4-10H,11H2,1-3H3. The molecule has 106 valence electrons. The fraction of sp³-hybridized carbons (Fsp3) is 0.333. The van der Waals surface area contributed by atoms with Crippen LogP contribution in [0.3, 0.4) is 0 Å². The van der Waals surface area contributed by atoms with Crippen molar-refractivity contribution in [2.45, 2.75) is 33.0 Å². The highest BCUT2D eigenvalue weighted by Gasteiger charge is 2.18. The molecule has 2 aromatic rings. The van der Waals surface area contributed by atoms with Gasteiger partial charge in [0.25, 0.3) is 0 Å². The SMILES string of the molecule is CC(C)(C)OC(=O)n1ccc(COc2ccccc2)n1. The van der Waals surface area contributed by atoms with Crippen molar-refractivity contribution in [3.05, 3.63) is 48.3 Å². The highest BCUT2D eigenvalue weighted by atomic mass is 16.6. The summed E-state index contributed by atoms with van der Waals surface area (Å²) in [6, 6.07) is 11.2. The highest BCUT2D eigenvalue weighted by Crippen LogP contribution is 2.12. The normalized spacial score (nSPS) is 11.2. The molecule has 0 unspecified atom stereocenters. The van der Waals surface area contributed by atoms with Gasteiger partial charge in [0.15, 0.2) is 0 Å². The van der Waals surface area contributed by atoms with Crippen molar-refractivity contribution >= 4 is 6.09 Å². The fourth-order valence-electron chi connectivity index (χ4n) is 1.52. The van der Waals surface area contributed by atoms with Crippen LogP contribution in [-0.2, 0) is 11.3 Å². The Morgan fingerprint density at radius 1 is 1.20 bits per heavy atom. The predicted molar refractivity (Wildman–Crippen MR) is 74.6 cm³/mol. The zero-order valence-corrected chi connectivity index (χ0v) is 11.9. The van der Waals surface area contributed by atoms with E-state index in [1.807, 2.05) is 51.1 Å². The number of hydrogen-bond acceptors (Lipinski definition) is 4. The molecule has 0 saturated carbocycles. The summed E-state index contributed by atoms with van der Waals surface area (Å²) < 4.78 is 12.0. The van der Waals surface area contributed by atoms with Gasteiger partial charge in [-0.15, -0.1) is 0 Å². The number of benzene rings is 1. The van der Waals surface area contributed by atoms with Crippen LogP contribution in [0.15, 0.2) is 42.6 Å². The summed E-state index contributed by atoms with van der Waals surface area (Å²) >= 11 is 0. The van der Waals surface area contributed by atoms with Crippen molar-refractivity contribution in [1.82, 2.24) is 9.78 Å². The van der Waals surface area contributed by atoms with Gasteiger partial charge in [-0.1, -0.05) is 18.2 Å². The van der Waals surface area contributed by atoms with Crippen LogP contribution >= 0.6 is 0 Å². The first-order valence-corrected chi connectivity index (χ1v) is 6.40. The Bertz CT molecular complexity index is 570. The van der Waals surface area contributed by atoms with Crippen LogP contribution in [0.25, 0.3) is 0 Å². The molecule has 0 bridgehead atoms. The molecule has 2 rings (SSSR count). The molecule has 0 atom stereocenters. The second-order valence-electron chi connectivity index (χ2n) is 5.33. The van der Waals surface area contributed by atoms with Crippen molar-refractivity contribution in [2.75, 3.05) is 0 Å². The molecule has 0 aliphatic carbocycles. The Morgan fingerprint density at radius 2 is 1.90 bits per heavy atom. The molecule has 0 aliphatic heterocycles. The smallest absolute Gasteiger partial charge is 0.435 e. The Hall–Kier alpha value is -2.30. The number of para-hydroxylation sites is 1. The topological polar surface area (TPSA) is 53.4 Å². The second-order valence-corrected chi connectivity index (χ2v) is 5.33. The van der Waals surface area contributed by atoms with Gasteiger partial charge >= 0.3 is 6.09 Å². The van der Waals surface area contributed by atoms with E-state index in [2.05, 4.69) is 5.10 Å². The van der Waals surface area contributed by atoms with E-state index in [9.17, 15) is 4.79 Å². The minimum atomic E-state index is -0.538. The molecule has 5 nitrogen and oxygen atoms in total. The number of nitrogens with zero attached hydrogens (tertiary/aromatic N) is 2. The molecule has 20 heavy (non-hydrogen) atoms. The van der Waals surface area contributed by atoms with Crippen LogP contribution in [0, 0.1) is 0 Å². The lowest BCUT2D eigenvalue weighted by Gasteiger charge is -2.18. The number of carbonyl (C=O) groups is 1. The van der Waals surface area contributed by atoms with E-state index in [1.54, 1.807) is 12.3 Å². The molecule has 1 aromatic heterocycles. The summed E-state index contributed by atoms with van der Waals surface area (Å²) in [5.74, 6) is 0.763.